The van der Waals surface area contributed by atoms with E-state index in [0.717, 1.165) is 11.1 Å². The van der Waals surface area contributed by atoms with Crippen molar-refractivity contribution in [1.29, 1.82) is 0 Å². The van der Waals surface area contributed by atoms with Gasteiger partial charge in [-0.15, -0.1) is 0 Å². The van der Waals surface area contributed by atoms with Gasteiger partial charge < -0.3 is 9.47 Å². The molecule has 4 nitrogen and oxygen atoms in total. The second-order valence-electron chi connectivity index (χ2n) is 4.95. The first-order valence-corrected chi connectivity index (χ1v) is 7.35. The average molecular weight is 322 g/mol. The van der Waals surface area contributed by atoms with E-state index < -0.39 is 0 Å². The number of benzene rings is 2. The van der Waals surface area contributed by atoms with Gasteiger partial charge in [-0.2, -0.15) is 0 Å². The first-order chi connectivity index (χ1) is 11.6. The number of methoxy groups -OCH3 is 2. The molecule has 0 N–H and O–H groups in total. The fourth-order valence-corrected chi connectivity index (χ4v) is 2.03. The third-order valence-corrected chi connectivity index (χ3v) is 3.35. The molecule has 0 radical (unpaired) electrons. The average Bonchev–Trinajstić information content (AvgIpc) is 2.65. The molecule has 2 rings (SSSR count). The summed E-state index contributed by atoms with van der Waals surface area (Å²) < 4.78 is 9.31. The summed E-state index contributed by atoms with van der Waals surface area (Å²) in [4.78, 5) is 22.7. The summed E-state index contributed by atoms with van der Waals surface area (Å²) in [5, 5.41) is 0. The third-order valence-electron chi connectivity index (χ3n) is 3.35. The highest BCUT2D eigenvalue weighted by molar-refractivity contribution is 5.90. The molecular formula is C20H18O4. The van der Waals surface area contributed by atoms with Crippen LogP contribution in [0.2, 0.25) is 0 Å². The summed E-state index contributed by atoms with van der Waals surface area (Å²) in [5.41, 5.74) is 3.01. The summed E-state index contributed by atoms with van der Waals surface area (Å²) in [6.45, 7) is 0. The highest BCUT2D eigenvalue weighted by atomic mass is 16.5. The van der Waals surface area contributed by atoms with Gasteiger partial charge in [-0.25, -0.2) is 9.59 Å². The molecule has 2 aromatic rings. The van der Waals surface area contributed by atoms with Crippen LogP contribution in [0, 0.1) is 0 Å². The van der Waals surface area contributed by atoms with Gasteiger partial charge in [0.05, 0.1) is 25.3 Å². The molecule has 0 amide bonds. The van der Waals surface area contributed by atoms with E-state index in [9.17, 15) is 9.59 Å². The molecule has 0 saturated heterocycles. The number of rotatable bonds is 5. The SMILES string of the molecule is COC(=O)c1ccc(C=CC=Cc2ccc(C(=O)OC)cc2)cc1. The zero-order chi connectivity index (χ0) is 17.4. The van der Waals surface area contributed by atoms with E-state index in [1.54, 1.807) is 24.3 Å². The van der Waals surface area contributed by atoms with E-state index in [2.05, 4.69) is 9.47 Å². The molecule has 0 atom stereocenters. The van der Waals surface area contributed by atoms with Crippen molar-refractivity contribution in [2.45, 2.75) is 0 Å². The van der Waals surface area contributed by atoms with Crippen LogP contribution in [0.3, 0.4) is 0 Å². The number of esters is 2. The summed E-state index contributed by atoms with van der Waals surface area (Å²) in [6.07, 6.45) is 7.67. The summed E-state index contributed by atoms with van der Waals surface area (Å²) in [6, 6.07) is 14.3. The topological polar surface area (TPSA) is 52.6 Å². The summed E-state index contributed by atoms with van der Waals surface area (Å²) in [7, 11) is 2.72. The minimum atomic E-state index is -0.346. The van der Waals surface area contributed by atoms with Crippen LogP contribution in [0.15, 0.2) is 60.7 Å². The molecule has 0 aliphatic rings. The molecule has 0 fully saturated rings. The molecule has 0 heterocycles. The Hall–Kier alpha value is -3.14. The number of carbonyl (C=O) groups is 2. The molecule has 0 bridgehead atoms. The molecule has 122 valence electrons. The standard InChI is InChI=1S/C20H18O4/c1-23-19(21)17-11-7-15(8-12-17)5-3-4-6-16-9-13-18(14-10-16)20(22)24-2/h3-14H,1-2H3. The molecule has 0 unspecified atom stereocenters. The first-order valence-electron chi connectivity index (χ1n) is 7.35. The van der Waals surface area contributed by atoms with Gasteiger partial charge in [0.15, 0.2) is 0 Å². The number of ether oxygens (including phenoxy) is 2. The maximum Gasteiger partial charge on any atom is 0.337 e. The molecule has 0 saturated carbocycles. The molecule has 4 heteroatoms. The quantitative estimate of drug-likeness (QED) is 0.617. The maximum absolute atomic E-state index is 11.3. The molecule has 0 spiro atoms. The molecule has 0 aliphatic heterocycles. The molecular weight excluding hydrogens is 304 g/mol. The van der Waals surface area contributed by atoms with Gasteiger partial charge in [-0.3, -0.25) is 0 Å². The lowest BCUT2D eigenvalue weighted by Gasteiger charge is -1.99. The Morgan fingerprint density at radius 2 is 1.00 bits per heavy atom. The number of allylic oxidation sites excluding steroid dienone is 2. The Bertz CT molecular complexity index is 686. The van der Waals surface area contributed by atoms with Gasteiger partial charge in [0, 0.05) is 0 Å². The van der Waals surface area contributed by atoms with Crippen molar-refractivity contribution in [3.8, 4) is 0 Å². The number of carbonyl (C=O) groups excluding carboxylic acids is 2. The normalized spacial score (nSPS) is 10.9. The molecule has 24 heavy (non-hydrogen) atoms. The van der Waals surface area contributed by atoms with Crippen molar-refractivity contribution < 1.29 is 19.1 Å². The van der Waals surface area contributed by atoms with Gasteiger partial charge >= 0.3 is 11.9 Å². The van der Waals surface area contributed by atoms with Gasteiger partial charge in [-0.1, -0.05) is 48.6 Å². The van der Waals surface area contributed by atoms with Gasteiger partial charge in [0.2, 0.25) is 0 Å². The van der Waals surface area contributed by atoms with Crippen molar-refractivity contribution in [2.24, 2.45) is 0 Å². The Kier molecular flexibility index (Phi) is 6.08. The Labute approximate surface area is 141 Å². The van der Waals surface area contributed by atoms with Crippen LogP contribution in [0.4, 0.5) is 0 Å². The second-order valence-corrected chi connectivity index (χ2v) is 4.95. The van der Waals surface area contributed by atoms with Crippen molar-refractivity contribution in [3.05, 3.63) is 82.9 Å². The van der Waals surface area contributed by atoms with E-state index in [0.29, 0.717) is 11.1 Å². The van der Waals surface area contributed by atoms with E-state index >= 15 is 0 Å². The largest absolute Gasteiger partial charge is 0.465 e. The van der Waals surface area contributed by atoms with Crippen LogP contribution in [-0.2, 0) is 9.47 Å². The monoisotopic (exact) mass is 322 g/mol. The van der Waals surface area contributed by atoms with Gasteiger partial charge in [-0.05, 0) is 35.4 Å². The van der Waals surface area contributed by atoms with Gasteiger partial charge in [0.1, 0.15) is 0 Å². The summed E-state index contributed by atoms with van der Waals surface area (Å²) >= 11 is 0. The molecule has 2 aromatic carbocycles. The smallest absolute Gasteiger partial charge is 0.337 e. The highest BCUT2D eigenvalue weighted by Crippen LogP contribution is 2.09. The zero-order valence-corrected chi connectivity index (χ0v) is 13.6. The third kappa shape index (κ3) is 4.68. The lowest BCUT2D eigenvalue weighted by molar-refractivity contribution is 0.0592. The fourth-order valence-electron chi connectivity index (χ4n) is 2.03. The second kappa shape index (κ2) is 8.48. The number of hydrogen-bond acceptors (Lipinski definition) is 4. The summed E-state index contributed by atoms with van der Waals surface area (Å²) in [5.74, 6) is -0.693. The highest BCUT2D eigenvalue weighted by Gasteiger charge is 2.03. The fraction of sp³-hybridized carbons (Fsp3) is 0.100. The van der Waals surface area contributed by atoms with E-state index in [1.807, 2.05) is 48.6 Å². The van der Waals surface area contributed by atoms with E-state index in [1.165, 1.54) is 14.2 Å². The Morgan fingerprint density at radius 3 is 1.29 bits per heavy atom. The minimum absolute atomic E-state index is 0.346. The van der Waals surface area contributed by atoms with Crippen molar-refractivity contribution in [2.75, 3.05) is 14.2 Å². The lowest BCUT2D eigenvalue weighted by Crippen LogP contribution is -2.00. The van der Waals surface area contributed by atoms with Crippen molar-refractivity contribution in [1.82, 2.24) is 0 Å². The number of hydrogen-bond donors (Lipinski definition) is 0. The zero-order valence-electron chi connectivity index (χ0n) is 13.6. The Morgan fingerprint density at radius 1 is 0.667 bits per heavy atom. The van der Waals surface area contributed by atoms with Crippen LogP contribution in [-0.4, -0.2) is 26.2 Å². The Balaban J connectivity index is 1.96. The maximum atomic E-state index is 11.3. The molecule has 0 aliphatic carbocycles. The van der Waals surface area contributed by atoms with Crippen LogP contribution >= 0.6 is 0 Å². The van der Waals surface area contributed by atoms with Gasteiger partial charge in [0.25, 0.3) is 0 Å². The van der Waals surface area contributed by atoms with Crippen LogP contribution in [0.1, 0.15) is 31.8 Å². The van der Waals surface area contributed by atoms with E-state index in [4.69, 9.17) is 0 Å². The van der Waals surface area contributed by atoms with Crippen LogP contribution in [0.25, 0.3) is 12.2 Å². The van der Waals surface area contributed by atoms with Crippen molar-refractivity contribution >= 4 is 24.1 Å². The molecule has 0 aromatic heterocycles. The van der Waals surface area contributed by atoms with E-state index in [-0.39, 0.29) is 11.9 Å². The lowest BCUT2D eigenvalue weighted by atomic mass is 10.1. The predicted octanol–water partition coefficient (Wildman–Crippen LogP) is 3.99. The predicted molar refractivity (Wildman–Crippen MR) is 93.6 cm³/mol. The first kappa shape index (κ1) is 17.2. The van der Waals surface area contributed by atoms with Crippen molar-refractivity contribution in [3.63, 3.8) is 0 Å². The minimum Gasteiger partial charge on any atom is -0.465 e. The van der Waals surface area contributed by atoms with Crippen LogP contribution < -0.4 is 0 Å². The van der Waals surface area contributed by atoms with Crippen LogP contribution in [0.5, 0.6) is 0 Å².